The van der Waals surface area contributed by atoms with E-state index in [0.29, 0.717) is 0 Å². The second kappa shape index (κ2) is 14.2. The maximum absolute atomic E-state index is 6.48. The van der Waals surface area contributed by atoms with E-state index in [0.717, 1.165) is 83.2 Å². The normalized spacial score (nSPS) is 13.0. The molecule has 0 radical (unpaired) electrons. The van der Waals surface area contributed by atoms with Crippen molar-refractivity contribution in [2.75, 3.05) is 4.90 Å². The Bertz CT molecular complexity index is 4070. The minimum absolute atomic E-state index is 0.254. The predicted molar refractivity (Wildman–Crippen MR) is 278 cm³/mol. The first-order valence-electron chi connectivity index (χ1n) is 23.1. The highest BCUT2D eigenvalue weighted by atomic mass is 16.3. The van der Waals surface area contributed by atoms with Crippen LogP contribution in [-0.4, -0.2) is 4.57 Å². The highest BCUT2D eigenvalue weighted by Gasteiger charge is 2.36. The maximum Gasteiger partial charge on any atom is 0.143 e. The van der Waals surface area contributed by atoms with Gasteiger partial charge in [0.15, 0.2) is 0 Å². The summed E-state index contributed by atoms with van der Waals surface area (Å²) in [5.74, 6) is 0. The SMILES string of the molecule is CC1(C)c2cc(N(c3ccc(-c4ccc5oc6ccccc6c5c4)cc3)c3ccc(-c4cccc5c4oc4ccccc45)cc3)ccc2-c2ccc(-n3c4ccccc4c4ccccc43)cc21. The van der Waals surface area contributed by atoms with Gasteiger partial charge < -0.3 is 18.3 Å². The molecule has 0 N–H and O–H groups in total. The summed E-state index contributed by atoms with van der Waals surface area (Å²) in [6.45, 7) is 4.76. The van der Waals surface area contributed by atoms with Gasteiger partial charge in [0.25, 0.3) is 0 Å². The standard InChI is InChI=1S/C63H42N2O2/c1-63(2)55-37-44(31-33-47(55)48-34-32-45(38-56(48)63)65-57-18-7-3-12-49(57)50-13-4-8-19-58(50)65)64(42-27-22-39(23-28-42)41-26-35-61-54(36-41)52-15-6-9-20-59(52)66-61)43-29-24-40(25-30-43)46-16-11-17-53-51-14-5-10-21-60(51)67-62(46)53/h3-38H,1-2H3. The fraction of sp³-hybridized carbons (Fsp3) is 0.0476. The summed E-state index contributed by atoms with van der Waals surface area (Å²) >= 11 is 0. The first-order chi connectivity index (χ1) is 33.0. The lowest BCUT2D eigenvalue weighted by Gasteiger charge is -2.28. The number of benzene rings is 10. The number of para-hydroxylation sites is 5. The fourth-order valence-corrected chi connectivity index (χ4v) is 11.1. The molecule has 1 aliphatic rings. The highest BCUT2D eigenvalue weighted by Crippen LogP contribution is 2.52. The van der Waals surface area contributed by atoms with Crippen LogP contribution in [0.5, 0.6) is 0 Å². The number of anilines is 3. The highest BCUT2D eigenvalue weighted by molar-refractivity contribution is 6.11. The van der Waals surface area contributed by atoms with Crippen LogP contribution in [0.25, 0.3) is 105 Å². The Morgan fingerprint density at radius 2 is 0.881 bits per heavy atom. The Morgan fingerprint density at radius 3 is 1.58 bits per heavy atom. The molecule has 0 bridgehead atoms. The lowest BCUT2D eigenvalue weighted by Crippen LogP contribution is -2.17. The molecule has 0 atom stereocenters. The number of fused-ring (bicyclic) bond motifs is 12. The molecular weight excluding hydrogens is 817 g/mol. The van der Waals surface area contributed by atoms with Gasteiger partial charge in [-0.05, 0) is 124 Å². The Hall–Kier alpha value is -8.60. The van der Waals surface area contributed by atoms with Gasteiger partial charge in [-0.1, -0.05) is 147 Å². The molecule has 13 aromatic rings. The van der Waals surface area contributed by atoms with E-state index in [1.54, 1.807) is 0 Å². The monoisotopic (exact) mass is 858 g/mol. The quantitative estimate of drug-likeness (QED) is 0.167. The van der Waals surface area contributed by atoms with Crippen molar-refractivity contribution in [2.24, 2.45) is 0 Å². The number of aromatic nitrogens is 1. The van der Waals surface area contributed by atoms with Crippen molar-refractivity contribution in [3.63, 3.8) is 0 Å². The second-order valence-corrected chi connectivity index (χ2v) is 18.5. The van der Waals surface area contributed by atoms with Crippen LogP contribution in [0.4, 0.5) is 17.1 Å². The molecule has 1 aliphatic carbocycles. The van der Waals surface area contributed by atoms with E-state index in [4.69, 9.17) is 8.83 Å². The first-order valence-corrected chi connectivity index (χ1v) is 23.1. The zero-order valence-corrected chi connectivity index (χ0v) is 37.0. The number of hydrogen-bond acceptors (Lipinski definition) is 3. The summed E-state index contributed by atoms with van der Waals surface area (Å²) in [6, 6.07) is 79.0. The van der Waals surface area contributed by atoms with Crippen LogP contribution in [-0.2, 0) is 5.41 Å². The summed E-state index contributed by atoms with van der Waals surface area (Å²) in [7, 11) is 0. The molecule has 316 valence electrons. The average molecular weight is 859 g/mol. The predicted octanol–water partition coefficient (Wildman–Crippen LogP) is 17.7. The van der Waals surface area contributed by atoms with Gasteiger partial charge in [-0.2, -0.15) is 0 Å². The number of hydrogen-bond donors (Lipinski definition) is 0. The summed E-state index contributed by atoms with van der Waals surface area (Å²) in [5, 5.41) is 7.06. The van der Waals surface area contributed by atoms with Crippen LogP contribution in [0.2, 0.25) is 0 Å². The molecule has 0 spiro atoms. The van der Waals surface area contributed by atoms with E-state index >= 15 is 0 Å². The van der Waals surface area contributed by atoms with Crippen molar-refractivity contribution in [1.29, 1.82) is 0 Å². The van der Waals surface area contributed by atoms with Crippen molar-refractivity contribution in [3.05, 3.63) is 230 Å². The Labute approximate surface area is 387 Å². The molecule has 0 fully saturated rings. The third kappa shape index (κ3) is 5.66. The van der Waals surface area contributed by atoms with E-state index in [9.17, 15) is 0 Å². The molecule has 0 unspecified atom stereocenters. The largest absolute Gasteiger partial charge is 0.456 e. The van der Waals surface area contributed by atoms with Crippen molar-refractivity contribution in [3.8, 4) is 39.1 Å². The number of rotatable bonds is 6. The molecule has 67 heavy (non-hydrogen) atoms. The van der Waals surface area contributed by atoms with Gasteiger partial charge in [-0.3, -0.25) is 0 Å². The average Bonchev–Trinajstić information content (AvgIpc) is 4.11. The zero-order valence-electron chi connectivity index (χ0n) is 37.0. The third-order valence-corrected chi connectivity index (χ3v) is 14.4. The van der Waals surface area contributed by atoms with E-state index in [1.165, 1.54) is 49.7 Å². The summed E-state index contributed by atoms with van der Waals surface area (Å²) in [6.07, 6.45) is 0. The molecule has 3 heterocycles. The van der Waals surface area contributed by atoms with Crippen LogP contribution < -0.4 is 4.90 Å². The molecule has 4 nitrogen and oxygen atoms in total. The molecule has 4 heteroatoms. The van der Waals surface area contributed by atoms with Gasteiger partial charge in [0.2, 0.25) is 0 Å². The lowest BCUT2D eigenvalue weighted by atomic mass is 9.82. The molecule has 0 amide bonds. The Morgan fingerprint density at radius 1 is 0.358 bits per heavy atom. The molecular formula is C63H42N2O2. The lowest BCUT2D eigenvalue weighted by molar-refractivity contribution is 0.660. The summed E-state index contributed by atoms with van der Waals surface area (Å²) in [5.41, 5.74) is 19.9. The van der Waals surface area contributed by atoms with Crippen LogP contribution in [0.15, 0.2) is 227 Å². The molecule has 0 aliphatic heterocycles. The first kappa shape index (κ1) is 37.7. The molecule has 0 saturated carbocycles. The van der Waals surface area contributed by atoms with Gasteiger partial charge in [-0.25, -0.2) is 0 Å². The van der Waals surface area contributed by atoms with Gasteiger partial charge in [-0.15, -0.1) is 0 Å². The van der Waals surface area contributed by atoms with Crippen LogP contribution in [0, 0.1) is 0 Å². The van der Waals surface area contributed by atoms with Crippen molar-refractivity contribution < 1.29 is 8.83 Å². The van der Waals surface area contributed by atoms with Crippen LogP contribution >= 0.6 is 0 Å². The van der Waals surface area contributed by atoms with Gasteiger partial charge in [0.1, 0.15) is 22.3 Å². The fourth-order valence-electron chi connectivity index (χ4n) is 11.1. The number of nitrogens with zero attached hydrogens (tertiary/aromatic N) is 2. The maximum atomic E-state index is 6.48. The summed E-state index contributed by atoms with van der Waals surface area (Å²) < 4.78 is 15.1. The molecule has 0 saturated heterocycles. The van der Waals surface area contributed by atoms with Crippen molar-refractivity contribution in [1.82, 2.24) is 4.57 Å². The van der Waals surface area contributed by atoms with E-state index in [1.807, 2.05) is 24.3 Å². The van der Waals surface area contributed by atoms with Gasteiger partial charge >= 0.3 is 0 Å². The second-order valence-electron chi connectivity index (χ2n) is 18.5. The van der Waals surface area contributed by atoms with E-state index in [2.05, 4.69) is 217 Å². The van der Waals surface area contributed by atoms with Crippen molar-refractivity contribution >= 4 is 82.7 Å². The molecule has 14 rings (SSSR count). The topological polar surface area (TPSA) is 34.5 Å². The molecule has 3 aromatic heterocycles. The third-order valence-electron chi connectivity index (χ3n) is 14.4. The smallest absolute Gasteiger partial charge is 0.143 e. The van der Waals surface area contributed by atoms with Gasteiger partial charge in [0.05, 0.1) is 11.0 Å². The Kier molecular flexibility index (Phi) is 8.00. The zero-order chi connectivity index (χ0) is 44.4. The molecule has 10 aromatic carbocycles. The van der Waals surface area contributed by atoms with Crippen LogP contribution in [0.1, 0.15) is 25.0 Å². The van der Waals surface area contributed by atoms with E-state index in [-0.39, 0.29) is 5.41 Å². The van der Waals surface area contributed by atoms with E-state index < -0.39 is 0 Å². The number of furan rings is 2. The minimum Gasteiger partial charge on any atom is -0.456 e. The van der Waals surface area contributed by atoms with Gasteiger partial charge in [0, 0.05) is 66.0 Å². The van der Waals surface area contributed by atoms with Crippen LogP contribution in [0.3, 0.4) is 0 Å². The minimum atomic E-state index is -0.254. The van der Waals surface area contributed by atoms with Crippen molar-refractivity contribution in [2.45, 2.75) is 19.3 Å². The summed E-state index contributed by atoms with van der Waals surface area (Å²) in [4.78, 5) is 2.39. The Balaban J connectivity index is 0.879.